The minimum absolute atomic E-state index is 0.209. The van der Waals surface area contributed by atoms with Gasteiger partial charge in [0.15, 0.2) is 0 Å². The van der Waals surface area contributed by atoms with Crippen molar-refractivity contribution in [3.8, 4) is 5.75 Å². The van der Waals surface area contributed by atoms with Crippen LogP contribution in [0.2, 0.25) is 0 Å². The second-order valence-electron chi connectivity index (χ2n) is 4.49. The van der Waals surface area contributed by atoms with Gasteiger partial charge in [-0.15, -0.1) is 0 Å². The highest BCUT2D eigenvalue weighted by atomic mass is 32.2. The maximum Gasteiger partial charge on any atom is 0.232 e. The Labute approximate surface area is 107 Å². The number of sulfonamides is 1. The normalized spacial score (nSPS) is 15.4. The van der Waals surface area contributed by atoms with E-state index in [0.29, 0.717) is 30.5 Å². The van der Waals surface area contributed by atoms with E-state index in [1.54, 1.807) is 24.3 Å². The minimum atomic E-state index is -3.24. The average molecular weight is 270 g/mol. The summed E-state index contributed by atoms with van der Waals surface area (Å²) in [7, 11) is -3.24. The summed E-state index contributed by atoms with van der Waals surface area (Å²) in [5.74, 6) is 1.16. The first-order valence-corrected chi connectivity index (χ1v) is 7.68. The number of hydrogen-bond acceptors (Lipinski definition) is 4. The molecule has 18 heavy (non-hydrogen) atoms. The molecule has 1 fully saturated rings. The van der Waals surface area contributed by atoms with Gasteiger partial charge in [-0.05, 0) is 30.9 Å². The van der Waals surface area contributed by atoms with Crippen LogP contribution in [0.5, 0.6) is 5.75 Å². The average Bonchev–Trinajstić information content (AvgIpc) is 3.09. The summed E-state index contributed by atoms with van der Waals surface area (Å²) in [6, 6.07) is 6.90. The molecule has 1 aliphatic rings. The summed E-state index contributed by atoms with van der Waals surface area (Å²) >= 11 is 0. The number of benzene rings is 1. The van der Waals surface area contributed by atoms with Crippen molar-refractivity contribution in [2.75, 3.05) is 23.6 Å². The molecule has 0 aliphatic heterocycles. The van der Waals surface area contributed by atoms with E-state index in [1.807, 2.05) is 0 Å². The van der Waals surface area contributed by atoms with Crippen LogP contribution in [0.1, 0.15) is 12.8 Å². The van der Waals surface area contributed by atoms with Crippen molar-refractivity contribution in [2.45, 2.75) is 12.8 Å². The first kappa shape index (κ1) is 13.2. The van der Waals surface area contributed by atoms with Gasteiger partial charge in [-0.1, -0.05) is 6.07 Å². The van der Waals surface area contributed by atoms with Gasteiger partial charge in [0.05, 0.1) is 11.4 Å². The van der Waals surface area contributed by atoms with Gasteiger partial charge in [0.1, 0.15) is 12.4 Å². The molecule has 0 aromatic heterocycles. The molecule has 3 N–H and O–H groups in total. The predicted molar refractivity (Wildman–Crippen MR) is 71.1 cm³/mol. The van der Waals surface area contributed by atoms with E-state index in [2.05, 4.69) is 4.72 Å². The number of ether oxygens (including phenoxy) is 1. The van der Waals surface area contributed by atoms with Crippen molar-refractivity contribution in [1.82, 2.24) is 0 Å². The van der Waals surface area contributed by atoms with Crippen molar-refractivity contribution in [2.24, 2.45) is 11.7 Å². The number of rotatable bonds is 7. The predicted octanol–water partition coefficient (Wildman–Crippen LogP) is 1.18. The van der Waals surface area contributed by atoms with E-state index in [0.717, 1.165) is 12.8 Å². The second kappa shape index (κ2) is 5.58. The summed E-state index contributed by atoms with van der Waals surface area (Å²) in [5.41, 5.74) is 5.87. The zero-order valence-corrected chi connectivity index (χ0v) is 10.9. The van der Waals surface area contributed by atoms with Crippen LogP contribution in [-0.4, -0.2) is 27.3 Å². The van der Waals surface area contributed by atoms with Gasteiger partial charge in [-0.2, -0.15) is 0 Å². The Bertz CT molecular complexity index is 498. The molecule has 6 heteroatoms. The summed E-state index contributed by atoms with van der Waals surface area (Å²) < 4.78 is 31.5. The van der Waals surface area contributed by atoms with Gasteiger partial charge in [0.2, 0.25) is 10.0 Å². The van der Waals surface area contributed by atoms with Gasteiger partial charge < -0.3 is 10.5 Å². The number of hydrogen-bond donors (Lipinski definition) is 2. The van der Waals surface area contributed by atoms with Crippen LogP contribution in [-0.2, 0) is 10.0 Å². The van der Waals surface area contributed by atoms with E-state index >= 15 is 0 Å². The maximum atomic E-state index is 11.8. The monoisotopic (exact) mass is 270 g/mol. The van der Waals surface area contributed by atoms with Gasteiger partial charge >= 0.3 is 0 Å². The van der Waals surface area contributed by atoms with E-state index in [-0.39, 0.29) is 5.75 Å². The van der Waals surface area contributed by atoms with E-state index in [1.165, 1.54) is 0 Å². The molecular formula is C12H18N2O3S. The highest BCUT2D eigenvalue weighted by Crippen LogP contribution is 2.30. The Morgan fingerprint density at radius 2 is 2.17 bits per heavy atom. The lowest BCUT2D eigenvalue weighted by Crippen LogP contribution is -2.18. The van der Waals surface area contributed by atoms with Crippen molar-refractivity contribution in [3.63, 3.8) is 0 Å². The molecule has 2 rings (SSSR count). The van der Waals surface area contributed by atoms with Gasteiger partial charge in [0.25, 0.3) is 0 Å². The Hall–Kier alpha value is -1.27. The van der Waals surface area contributed by atoms with Crippen LogP contribution in [0.3, 0.4) is 0 Å². The van der Waals surface area contributed by atoms with Crippen LogP contribution in [0, 0.1) is 5.92 Å². The highest BCUT2D eigenvalue weighted by Gasteiger charge is 2.27. The quantitative estimate of drug-likeness (QED) is 0.779. The fourth-order valence-electron chi connectivity index (χ4n) is 1.64. The third kappa shape index (κ3) is 4.19. The van der Waals surface area contributed by atoms with Gasteiger partial charge in [-0.25, -0.2) is 8.42 Å². The molecule has 1 aromatic rings. The first-order chi connectivity index (χ1) is 8.59. The fourth-order valence-corrected chi connectivity index (χ4v) is 3.17. The van der Waals surface area contributed by atoms with Gasteiger partial charge in [-0.3, -0.25) is 4.72 Å². The number of anilines is 1. The number of nitrogens with one attached hydrogen (secondary N) is 1. The molecule has 0 radical (unpaired) electrons. The molecule has 100 valence electrons. The minimum Gasteiger partial charge on any atom is -0.492 e. The van der Waals surface area contributed by atoms with Crippen LogP contribution >= 0.6 is 0 Å². The van der Waals surface area contributed by atoms with Crippen LogP contribution in [0.15, 0.2) is 24.3 Å². The molecule has 0 bridgehead atoms. The molecule has 0 amide bonds. The number of nitrogens with two attached hydrogens (primary N) is 1. The van der Waals surface area contributed by atoms with Crippen LogP contribution in [0.4, 0.5) is 5.69 Å². The molecule has 0 atom stereocenters. The third-order valence-corrected chi connectivity index (χ3v) is 4.10. The summed E-state index contributed by atoms with van der Waals surface area (Å²) in [6.45, 7) is 0.843. The maximum absolute atomic E-state index is 11.8. The standard InChI is InChI=1S/C12H18N2O3S/c13-6-7-17-12-3-1-2-11(8-12)14-18(15,16)9-10-4-5-10/h1-3,8,10,14H,4-7,9,13H2. The van der Waals surface area contributed by atoms with Crippen LogP contribution < -0.4 is 15.2 Å². The summed E-state index contributed by atoms with van der Waals surface area (Å²) in [6.07, 6.45) is 2.03. The van der Waals surface area contributed by atoms with E-state index in [9.17, 15) is 8.42 Å². The zero-order valence-electron chi connectivity index (χ0n) is 10.1. The van der Waals surface area contributed by atoms with Gasteiger partial charge in [0, 0.05) is 12.6 Å². The molecule has 1 aliphatic carbocycles. The fraction of sp³-hybridized carbons (Fsp3) is 0.500. The van der Waals surface area contributed by atoms with Crippen molar-refractivity contribution < 1.29 is 13.2 Å². The summed E-state index contributed by atoms with van der Waals surface area (Å²) in [4.78, 5) is 0. The Morgan fingerprint density at radius 1 is 1.39 bits per heavy atom. The molecular weight excluding hydrogens is 252 g/mol. The van der Waals surface area contributed by atoms with E-state index < -0.39 is 10.0 Å². The molecule has 5 nitrogen and oxygen atoms in total. The topological polar surface area (TPSA) is 81.4 Å². The molecule has 0 saturated heterocycles. The summed E-state index contributed by atoms with van der Waals surface area (Å²) in [5, 5.41) is 0. The first-order valence-electron chi connectivity index (χ1n) is 6.02. The zero-order chi connectivity index (χ0) is 13.0. The highest BCUT2D eigenvalue weighted by molar-refractivity contribution is 7.92. The van der Waals surface area contributed by atoms with Crippen molar-refractivity contribution in [3.05, 3.63) is 24.3 Å². The smallest absolute Gasteiger partial charge is 0.232 e. The molecule has 0 spiro atoms. The van der Waals surface area contributed by atoms with Crippen molar-refractivity contribution >= 4 is 15.7 Å². The van der Waals surface area contributed by atoms with Crippen molar-refractivity contribution in [1.29, 1.82) is 0 Å². The lowest BCUT2D eigenvalue weighted by atomic mass is 10.3. The van der Waals surface area contributed by atoms with Crippen LogP contribution in [0.25, 0.3) is 0 Å². The largest absolute Gasteiger partial charge is 0.492 e. The Balaban J connectivity index is 1.99. The third-order valence-electron chi connectivity index (χ3n) is 2.65. The Kier molecular flexibility index (Phi) is 4.08. The molecule has 0 heterocycles. The lowest BCUT2D eigenvalue weighted by molar-refractivity contribution is 0.328. The lowest BCUT2D eigenvalue weighted by Gasteiger charge is -2.09. The SMILES string of the molecule is NCCOc1cccc(NS(=O)(=O)CC2CC2)c1. The Morgan fingerprint density at radius 3 is 2.83 bits per heavy atom. The molecule has 1 aromatic carbocycles. The second-order valence-corrected chi connectivity index (χ2v) is 6.26. The van der Waals surface area contributed by atoms with E-state index in [4.69, 9.17) is 10.5 Å². The molecule has 1 saturated carbocycles. The molecule has 0 unspecified atom stereocenters.